The molecule has 2 aromatic carbocycles. The normalized spacial score (nSPS) is 19.5. The second-order valence-electron chi connectivity index (χ2n) is 9.49. The van der Waals surface area contributed by atoms with E-state index < -0.39 is 22.1 Å². The number of rotatable bonds is 8. The summed E-state index contributed by atoms with van der Waals surface area (Å²) < 4.78 is 27.5. The highest BCUT2D eigenvalue weighted by Gasteiger charge is 2.39. The van der Waals surface area contributed by atoms with Gasteiger partial charge in [-0.3, -0.25) is 9.59 Å². The average molecular weight is 499 g/mol. The van der Waals surface area contributed by atoms with Gasteiger partial charge in [0, 0.05) is 43.5 Å². The smallest absolute Gasteiger partial charge is 0.243 e. The van der Waals surface area contributed by atoms with Crippen molar-refractivity contribution in [3.05, 3.63) is 54.1 Å². The number of anilines is 2. The topological polar surface area (TPSA) is 98.8 Å². The van der Waals surface area contributed by atoms with E-state index in [9.17, 15) is 18.0 Å². The molecule has 9 heteroatoms. The summed E-state index contributed by atoms with van der Waals surface area (Å²) in [5, 5.41) is 5.76. The third kappa shape index (κ3) is 6.02. The van der Waals surface area contributed by atoms with Crippen molar-refractivity contribution in [2.75, 3.05) is 29.9 Å². The van der Waals surface area contributed by atoms with Crippen LogP contribution in [0.2, 0.25) is 0 Å². The van der Waals surface area contributed by atoms with Gasteiger partial charge in [0.2, 0.25) is 21.8 Å². The second kappa shape index (κ2) is 10.8. The number of hydrogen-bond acceptors (Lipinski definition) is 5. The molecule has 2 aromatic rings. The quantitative estimate of drug-likeness (QED) is 0.582. The zero-order valence-electron chi connectivity index (χ0n) is 20.4. The van der Waals surface area contributed by atoms with E-state index in [1.165, 1.54) is 17.1 Å². The molecule has 2 aliphatic heterocycles. The third-order valence-corrected chi connectivity index (χ3v) is 8.54. The van der Waals surface area contributed by atoms with Crippen LogP contribution in [0, 0.1) is 6.92 Å². The number of sulfonamides is 1. The Morgan fingerprint density at radius 2 is 1.74 bits per heavy atom. The second-order valence-corrected chi connectivity index (χ2v) is 11.4. The largest absolute Gasteiger partial charge is 0.371 e. The lowest BCUT2D eigenvalue weighted by atomic mass is 10.1. The van der Waals surface area contributed by atoms with Gasteiger partial charge in [-0.05, 0) is 69.9 Å². The van der Waals surface area contributed by atoms with Crippen LogP contribution in [0.15, 0.2) is 53.4 Å². The van der Waals surface area contributed by atoms with Crippen LogP contribution < -0.4 is 15.5 Å². The molecule has 4 rings (SSSR count). The van der Waals surface area contributed by atoms with Gasteiger partial charge in [0.05, 0.1) is 4.90 Å². The molecule has 0 saturated carbocycles. The van der Waals surface area contributed by atoms with Crippen molar-refractivity contribution in [2.24, 2.45) is 0 Å². The Morgan fingerprint density at radius 3 is 2.46 bits per heavy atom. The summed E-state index contributed by atoms with van der Waals surface area (Å²) in [7, 11) is -3.77. The van der Waals surface area contributed by atoms with Gasteiger partial charge in [0.15, 0.2) is 0 Å². The number of nitrogens with one attached hydrogen (secondary N) is 2. The number of aryl methyl sites for hydroxylation is 1. The lowest BCUT2D eigenvalue weighted by molar-refractivity contribution is -0.125. The Kier molecular flexibility index (Phi) is 7.76. The summed E-state index contributed by atoms with van der Waals surface area (Å²) in [6, 6.07) is 13.2. The van der Waals surface area contributed by atoms with Gasteiger partial charge in [0.1, 0.15) is 6.04 Å². The molecule has 1 unspecified atom stereocenters. The zero-order chi connectivity index (χ0) is 25.0. The molecule has 2 N–H and O–H groups in total. The average Bonchev–Trinajstić information content (AvgIpc) is 3.52. The number of carbonyl (C=O) groups excluding carboxylic acids is 2. The van der Waals surface area contributed by atoms with Crippen LogP contribution in [0.3, 0.4) is 0 Å². The molecule has 0 aliphatic carbocycles. The lowest BCUT2D eigenvalue weighted by Gasteiger charge is -2.25. The maximum atomic E-state index is 13.1. The van der Waals surface area contributed by atoms with Crippen LogP contribution in [0.4, 0.5) is 11.4 Å². The highest BCUT2D eigenvalue weighted by molar-refractivity contribution is 7.89. The van der Waals surface area contributed by atoms with E-state index in [4.69, 9.17) is 0 Å². The first-order valence-electron chi connectivity index (χ1n) is 12.3. The van der Waals surface area contributed by atoms with Crippen molar-refractivity contribution in [2.45, 2.75) is 62.9 Å². The molecule has 188 valence electrons. The predicted octanol–water partition coefficient (Wildman–Crippen LogP) is 3.28. The van der Waals surface area contributed by atoms with E-state index in [1.807, 2.05) is 31.2 Å². The van der Waals surface area contributed by atoms with Gasteiger partial charge >= 0.3 is 0 Å². The number of nitrogens with zero attached hydrogens (tertiary/aromatic N) is 2. The summed E-state index contributed by atoms with van der Waals surface area (Å²) in [6.07, 6.45) is 3.53. The molecule has 8 nitrogen and oxygen atoms in total. The summed E-state index contributed by atoms with van der Waals surface area (Å²) >= 11 is 0. The fraction of sp³-hybridized carbons (Fsp3) is 0.462. The molecule has 0 bridgehead atoms. The van der Waals surface area contributed by atoms with Crippen LogP contribution >= 0.6 is 0 Å². The van der Waals surface area contributed by atoms with Crippen LogP contribution in [-0.2, 0) is 19.6 Å². The molecule has 2 amide bonds. The Hall–Kier alpha value is -2.91. The van der Waals surface area contributed by atoms with E-state index in [0.717, 1.165) is 30.0 Å². The van der Waals surface area contributed by atoms with Crippen molar-refractivity contribution >= 4 is 33.2 Å². The number of amides is 2. The first-order valence-corrected chi connectivity index (χ1v) is 13.7. The van der Waals surface area contributed by atoms with Crippen LogP contribution in [0.25, 0.3) is 0 Å². The molecule has 2 heterocycles. The minimum Gasteiger partial charge on any atom is -0.371 e. The third-order valence-electron chi connectivity index (χ3n) is 6.62. The fourth-order valence-electron chi connectivity index (χ4n) is 4.77. The molecule has 2 fully saturated rings. The standard InChI is InChI=1S/C26H34N4O4S/c1-19-10-12-23(13-11-19)35(33,34)30-16-6-9-24(30)26(32)27-20(2)17-25(31)28-21-7-5-8-22(18-21)29-14-3-4-15-29/h5,7-8,10-13,18,20,24H,3-4,6,9,14-17H2,1-2H3,(H,27,32)(H,28,31)/t20?,24-/m0/s1. The van der Waals surface area contributed by atoms with Gasteiger partial charge < -0.3 is 15.5 Å². The maximum absolute atomic E-state index is 13.1. The first kappa shape index (κ1) is 25.2. The van der Waals surface area contributed by atoms with Crippen molar-refractivity contribution in [1.82, 2.24) is 9.62 Å². The van der Waals surface area contributed by atoms with Crippen molar-refractivity contribution in [1.29, 1.82) is 0 Å². The Morgan fingerprint density at radius 1 is 1.03 bits per heavy atom. The molecule has 2 saturated heterocycles. The molecular weight excluding hydrogens is 464 g/mol. The fourth-order valence-corrected chi connectivity index (χ4v) is 6.43. The van der Waals surface area contributed by atoms with Crippen LogP contribution in [-0.4, -0.2) is 56.3 Å². The monoisotopic (exact) mass is 498 g/mol. The highest BCUT2D eigenvalue weighted by atomic mass is 32.2. The molecule has 2 atom stereocenters. The van der Waals surface area contributed by atoms with E-state index in [2.05, 4.69) is 15.5 Å². The van der Waals surface area contributed by atoms with E-state index in [0.29, 0.717) is 19.4 Å². The van der Waals surface area contributed by atoms with Gasteiger partial charge in [0.25, 0.3) is 0 Å². The summed E-state index contributed by atoms with van der Waals surface area (Å²) in [6.45, 7) is 6.00. The molecule has 35 heavy (non-hydrogen) atoms. The van der Waals surface area contributed by atoms with Crippen LogP contribution in [0.1, 0.15) is 44.6 Å². The Bertz CT molecular complexity index is 1160. The summed E-state index contributed by atoms with van der Waals surface area (Å²) in [5.74, 6) is -0.568. The SMILES string of the molecule is Cc1ccc(S(=O)(=O)N2CCC[C@H]2C(=O)NC(C)CC(=O)Nc2cccc(N3CCCC3)c2)cc1. The van der Waals surface area contributed by atoms with Crippen molar-refractivity contribution in [3.63, 3.8) is 0 Å². The molecule has 0 radical (unpaired) electrons. The highest BCUT2D eigenvalue weighted by Crippen LogP contribution is 2.27. The molecule has 0 spiro atoms. The van der Waals surface area contributed by atoms with Gasteiger partial charge in [-0.25, -0.2) is 8.42 Å². The Labute approximate surface area is 207 Å². The minimum absolute atomic E-state index is 0.0944. The first-order chi connectivity index (χ1) is 16.7. The summed E-state index contributed by atoms with van der Waals surface area (Å²) in [4.78, 5) is 28.1. The van der Waals surface area contributed by atoms with E-state index >= 15 is 0 Å². The van der Waals surface area contributed by atoms with Gasteiger partial charge in [-0.15, -0.1) is 0 Å². The van der Waals surface area contributed by atoms with E-state index in [1.54, 1.807) is 31.2 Å². The number of hydrogen-bond donors (Lipinski definition) is 2. The lowest BCUT2D eigenvalue weighted by Crippen LogP contribution is -2.48. The number of benzene rings is 2. The molecular formula is C26H34N4O4S. The number of carbonyl (C=O) groups is 2. The molecule has 2 aliphatic rings. The zero-order valence-corrected chi connectivity index (χ0v) is 21.2. The Balaban J connectivity index is 1.33. The molecule has 0 aromatic heterocycles. The predicted molar refractivity (Wildman–Crippen MR) is 137 cm³/mol. The van der Waals surface area contributed by atoms with Crippen molar-refractivity contribution < 1.29 is 18.0 Å². The van der Waals surface area contributed by atoms with Crippen molar-refractivity contribution in [3.8, 4) is 0 Å². The van der Waals surface area contributed by atoms with Gasteiger partial charge in [-0.2, -0.15) is 4.31 Å². The minimum atomic E-state index is -3.77. The van der Waals surface area contributed by atoms with Gasteiger partial charge in [-0.1, -0.05) is 23.8 Å². The maximum Gasteiger partial charge on any atom is 0.243 e. The summed E-state index contributed by atoms with van der Waals surface area (Å²) in [5.41, 5.74) is 2.79. The van der Waals surface area contributed by atoms with E-state index in [-0.39, 0.29) is 23.1 Å². The van der Waals surface area contributed by atoms with Crippen LogP contribution in [0.5, 0.6) is 0 Å².